The summed E-state index contributed by atoms with van der Waals surface area (Å²) in [6, 6.07) is 7.63. The third-order valence-electron chi connectivity index (χ3n) is 4.57. The van der Waals surface area contributed by atoms with E-state index in [1.54, 1.807) is 23.1 Å². The van der Waals surface area contributed by atoms with E-state index in [9.17, 15) is 0 Å². The maximum Gasteiger partial charge on any atom is 0.191 e. The second-order valence-electron chi connectivity index (χ2n) is 6.32. The Morgan fingerprint density at radius 2 is 1.97 bits per heavy atom. The van der Waals surface area contributed by atoms with Gasteiger partial charge in [0.15, 0.2) is 11.1 Å². The van der Waals surface area contributed by atoms with Crippen LogP contribution >= 0.6 is 35.3 Å². The van der Waals surface area contributed by atoms with Gasteiger partial charge in [-0.1, -0.05) is 5.21 Å². The van der Waals surface area contributed by atoms with Gasteiger partial charge in [0.1, 0.15) is 11.4 Å². The Kier molecular flexibility index (Phi) is 7.25. The minimum absolute atomic E-state index is 0. The average Bonchev–Trinajstić information content (AvgIpc) is 3.44. The minimum atomic E-state index is 0. The zero-order valence-electron chi connectivity index (χ0n) is 16.0. The number of ether oxygens (including phenoxy) is 1. The van der Waals surface area contributed by atoms with Crippen LogP contribution < -0.4 is 15.4 Å². The molecule has 11 heteroatoms. The molecule has 0 radical (unpaired) electrons. The Bertz CT molecular complexity index is 920. The van der Waals surface area contributed by atoms with Crippen molar-refractivity contribution in [3.63, 3.8) is 0 Å². The molecule has 0 amide bonds. The van der Waals surface area contributed by atoms with Crippen LogP contribution in [0.25, 0.3) is 5.69 Å². The number of piperazine rings is 1. The first-order valence-corrected chi connectivity index (χ1v) is 9.86. The standard InChI is InChI=1S/C18H22N8OS.HI/c1-27-16-4-2-15(3-5-16)26-13-14(22-23-26)12-21-17(19)24-7-9-25(10-8-24)18-20-6-11-28-18;/h2-6,11,13H,7-10,12H2,1H3,(H2,19,21);1H. The van der Waals surface area contributed by atoms with Gasteiger partial charge in [-0.05, 0) is 24.3 Å². The molecule has 29 heavy (non-hydrogen) atoms. The van der Waals surface area contributed by atoms with Gasteiger partial charge in [0.05, 0.1) is 25.5 Å². The molecule has 3 aromatic rings. The predicted molar refractivity (Wildman–Crippen MR) is 125 cm³/mol. The molecule has 1 saturated heterocycles. The van der Waals surface area contributed by atoms with Crippen molar-refractivity contribution in [3.8, 4) is 11.4 Å². The molecule has 0 aliphatic carbocycles. The predicted octanol–water partition coefficient (Wildman–Crippen LogP) is 1.99. The molecule has 1 aliphatic heterocycles. The fraction of sp³-hybridized carbons (Fsp3) is 0.333. The van der Waals surface area contributed by atoms with E-state index in [0.29, 0.717) is 12.5 Å². The Balaban J connectivity index is 0.00000240. The summed E-state index contributed by atoms with van der Waals surface area (Å²) in [6.07, 6.45) is 3.69. The molecule has 0 unspecified atom stereocenters. The van der Waals surface area contributed by atoms with Crippen molar-refractivity contribution in [2.24, 2.45) is 10.7 Å². The number of aromatic nitrogens is 4. The quantitative estimate of drug-likeness (QED) is 0.309. The van der Waals surface area contributed by atoms with Crippen LogP contribution in [0.1, 0.15) is 5.69 Å². The van der Waals surface area contributed by atoms with E-state index in [0.717, 1.165) is 48.4 Å². The summed E-state index contributed by atoms with van der Waals surface area (Å²) in [5.74, 6) is 1.34. The van der Waals surface area contributed by atoms with Crippen molar-refractivity contribution in [2.45, 2.75) is 6.54 Å². The summed E-state index contributed by atoms with van der Waals surface area (Å²) in [6.45, 7) is 3.82. The van der Waals surface area contributed by atoms with Gasteiger partial charge in [-0.2, -0.15) is 0 Å². The number of thiazole rings is 1. The van der Waals surface area contributed by atoms with Crippen LogP contribution in [0.3, 0.4) is 0 Å². The second-order valence-corrected chi connectivity index (χ2v) is 7.19. The number of hydrogen-bond donors (Lipinski definition) is 1. The van der Waals surface area contributed by atoms with Crippen LogP contribution in [-0.4, -0.2) is 64.1 Å². The van der Waals surface area contributed by atoms with Crippen molar-refractivity contribution >= 4 is 46.4 Å². The number of benzene rings is 1. The van der Waals surface area contributed by atoms with Gasteiger partial charge in [-0.25, -0.2) is 14.7 Å². The molecule has 154 valence electrons. The van der Waals surface area contributed by atoms with Gasteiger partial charge in [0.2, 0.25) is 0 Å². The fourth-order valence-electron chi connectivity index (χ4n) is 2.99. The van der Waals surface area contributed by atoms with E-state index in [2.05, 4.69) is 30.1 Å². The van der Waals surface area contributed by atoms with Gasteiger partial charge in [0, 0.05) is 37.8 Å². The maximum absolute atomic E-state index is 6.19. The van der Waals surface area contributed by atoms with E-state index in [4.69, 9.17) is 10.5 Å². The normalized spacial score (nSPS) is 14.6. The third-order valence-corrected chi connectivity index (χ3v) is 5.41. The van der Waals surface area contributed by atoms with Crippen LogP contribution in [0.4, 0.5) is 5.13 Å². The Morgan fingerprint density at radius 1 is 1.21 bits per heavy atom. The van der Waals surface area contributed by atoms with Crippen molar-refractivity contribution in [1.82, 2.24) is 24.9 Å². The zero-order valence-corrected chi connectivity index (χ0v) is 19.2. The number of anilines is 1. The van der Waals surface area contributed by atoms with Crippen molar-refractivity contribution in [2.75, 3.05) is 38.2 Å². The van der Waals surface area contributed by atoms with Crippen LogP contribution in [0.5, 0.6) is 5.75 Å². The highest BCUT2D eigenvalue weighted by Crippen LogP contribution is 2.19. The largest absolute Gasteiger partial charge is 0.497 e. The molecule has 0 atom stereocenters. The van der Waals surface area contributed by atoms with Crippen LogP contribution in [0.2, 0.25) is 0 Å². The van der Waals surface area contributed by atoms with Gasteiger partial charge in [-0.3, -0.25) is 0 Å². The molecule has 0 bridgehead atoms. The molecule has 2 N–H and O–H groups in total. The summed E-state index contributed by atoms with van der Waals surface area (Å²) < 4.78 is 6.89. The molecule has 1 aliphatic rings. The number of methoxy groups -OCH3 is 1. The zero-order chi connectivity index (χ0) is 19.3. The Labute approximate surface area is 190 Å². The molecule has 0 saturated carbocycles. The van der Waals surface area contributed by atoms with Crippen LogP contribution in [-0.2, 0) is 6.54 Å². The van der Waals surface area contributed by atoms with E-state index in [1.807, 2.05) is 42.0 Å². The molecule has 0 spiro atoms. The summed E-state index contributed by atoms with van der Waals surface area (Å²) in [4.78, 5) is 13.2. The van der Waals surface area contributed by atoms with Crippen molar-refractivity contribution in [3.05, 3.63) is 47.7 Å². The lowest BCUT2D eigenvalue weighted by molar-refractivity contribution is 0.380. The molecule has 3 heterocycles. The molecule has 4 rings (SSSR count). The monoisotopic (exact) mass is 526 g/mol. The number of guanidine groups is 1. The Morgan fingerprint density at radius 3 is 2.62 bits per heavy atom. The molecule has 1 aromatic carbocycles. The molecule has 2 aromatic heterocycles. The topological polar surface area (TPSA) is 97.7 Å². The Hall–Kier alpha value is -2.41. The third kappa shape index (κ3) is 5.15. The van der Waals surface area contributed by atoms with E-state index < -0.39 is 0 Å². The lowest BCUT2D eigenvalue weighted by Gasteiger charge is -2.35. The van der Waals surface area contributed by atoms with Gasteiger partial charge in [-0.15, -0.1) is 40.4 Å². The summed E-state index contributed by atoms with van der Waals surface area (Å²) in [7, 11) is 1.64. The van der Waals surface area contributed by atoms with E-state index in [-0.39, 0.29) is 24.0 Å². The molecule has 1 fully saturated rings. The first-order valence-electron chi connectivity index (χ1n) is 8.98. The number of nitrogens with zero attached hydrogens (tertiary/aromatic N) is 7. The average molecular weight is 526 g/mol. The first kappa shape index (κ1) is 21.3. The van der Waals surface area contributed by atoms with E-state index in [1.165, 1.54) is 0 Å². The number of hydrogen-bond acceptors (Lipinski definition) is 7. The number of aliphatic imine (C=N–C) groups is 1. The highest BCUT2D eigenvalue weighted by molar-refractivity contribution is 14.0. The molecular weight excluding hydrogens is 503 g/mol. The highest BCUT2D eigenvalue weighted by Gasteiger charge is 2.19. The van der Waals surface area contributed by atoms with Crippen LogP contribution in [0.15, 0.2) is 47.0 Å². The highest BCUT2D eigenvalue weighted by atomic mass is 127. The van der Waals surface area contributed by atoms with Crippen molar-refractivity contribution in [1.29, 1.82) is 0 Å². The SMILES string of the molecule is COc1ccc(-n2cc(CN=C(N)N3CCN(c4nccs4)CC3)nn2)cc1.I. The van der Waals surface area contributed by atoms with Gasteiger partial charge >= 0.3 is 0 Å². The summed E-state index contributed by atoms with van der Waals surface area (Å²) in [5.41, 5.74) is 7.86. The van der Waals surface area contributed by atoms with Crippen molar-refractivity contribution < 1.29 is 4.74 Å². The number of nitrogens with two attached hydrogens (primary N) is 1. The van der Waals surface area contributed by atoms with Gasteiger partial charge < -0.3 is 20.3 Å². The summed E-state index contributed by atoms with van der Waals surface area (Å²) in [5, 5.41) is 11.4. The number of rotatable bonds is 5. The fourth-order valence-corrected chi connectivity index (χ4v) is 3.69. The maximum atomic E-state index is 6.19. The van der Waals surface area contributed by atoms with Crippen LogP contribution in [0, 0.1) is 0 Å². The first-order chi connectivity index (χ1) is 13.7. The lowest BCUT2D eigenvalue weighted by atomic mass is 10.3. The summed E-state index contributed by atoms with van der Waals surface area (Å²) >= 11 is 1.66. The smallest absolute Gasteiger partial charge is 0.191 e. The lowest BCUT2D eigenvalue weighted by Crippen LogP contribution is -2.51. The van der Waals surface area contributed by atoms with Gasteiger partial charge in [0.25, 0.3) is 0 Å². The minimum Gasteiger partial charge on any atom is -0.497 e. The van der Waals surface area contributed by atoms with E-state index >= 15 is 0 Å². The second kappa shape index (κ2) is 9.87. The number of halogens is 1. The molecular formula is C18H23IN8OS. The molecule has 9 nitrogen and oxygen atoms in total.